The molecular formula is C13H19N3O2. The minimum Gasteiger partial charge on any atom is -0.417 e. The van der Waals surface area contributed by atoms with Crippen LogP contribution < -0.4 is 0 Å². The fraction of sp³-hybridized carbons (Fsp3) is 0.769. The average molecular weight is 249 g/mol. The van der Waals surface area contributed by atoms with E-state index < -0.39 is 0 Å². The Kier molecular flexibility index (Phi) is 3.30. The Bertz CT molecular complexity index is 418. The highest BCUT2D eigenvalue weighted by Gasteiger charge is 2.31. The van der Waals surface area contributed by atoms with Crippen LogP contribution in [0, 0.1) is 0 Å². The van der Waals surface area contributed by atoms with Crippen molar-refractivity contribution in [3.8, 4) is 0 Å². The lowest BCUT2D eigenvalue weighted by Crippen LogP contribution is -2.34. The number of hydrogen-bond donors (Lipinski definition) is 0. The van der Waals surface area contributed by atoms with Crippen molar-refractivity contribution >= 4 is 5.91 Å². The van der Waals surface area contributed by atoms with Crippen LogP contribution in [0.5, 0.6) is 0 Å². The lowest BCUT2D eigenvalue weighted by Gasteiger charge is -2.23. The molecule has 0 atom stereocenters. The molecule has 1 aromatic rings. The number of nitrogens with zero attached hydrogens (tertiary/aromatic N) is 3. The molecule has 5 heteroatoms. The van der Waals surface area contributed by atoms with Gasteiger partial charge in [-0.25, -0.2) is 0 Å². The minimum atomic E-state index is -0.0868. The topological polar surface area (TPSA) is 59.2 Å². The first-order valence-electron chi connectivity index (χ1n) is 6.97. The molecule has 18 heavy (non-hydrogen) atoms. The molecule has 98 valence electrons. The summed E-state index contributed by atoms with van der Waals surface area (Å²) < 4.78 is 5.48. The molecule has 1 aliphatic heterocycles. The molecule has 1 saturated carbocycles. The van der Waals surface area contributed by atoms with Crippen LogP contribution in [0.4, 0.5) is 0 Å². The summed E-state index contributed by atoms with van der Waals surface area (Å²) in [4.78, 5) is 14.1. The predicted octanol–water partition coefficient (Wildman–Crippen LogP) is 2.35. The first-order valence-corrected chi connectivity index (χ1v) is 6.97. The lowest BCUT2D eigenvalue weighted by atomic mass is 10.1. The molecule has 0 aromatic carbocycles. The van der Waals surface area contributed by atoms with Crippen LogP contribution >= 0.6 is 0 Å². The van der Waals surface area contributed by atoms with Gasteiger partial charge in [0.05, 0.1) is 0 Å². The summed E-state index contributed by atoms with van der Waals surface area (Å²) >= 11 is 0. The van der Waals surface area contributed by atoms with Crippen molar-refractivity contribution in [3.05, 3.63) is 11.8 Å². The zero-order valence-electron chi connectivity index (χ0n) is 10.6. The molecule has 5 nitrogen and oxygen atoms in total. The van der Waals surface area contributed by atoms with Gasteiger partial charge < -0.3 is 9.32 Å². The van der Waals surface area contributed by atoms with Crippen LogP contribution in [-0.4, -0.2) is 34.1 Å². The summed E-state index contributed by atoms with van der Waals surface area (Å²) in [6.45, 7) is 1.64. The van der Waals surface area contributed by atoms with Gasteiger partial charge in [0.1, 0.15) is 0 Å². The summed E-state index contributed by atoms with van der Waals surface area (Å²) in [6.07, 6.45) is 8.08. The summed E-state index contributed by atoms with van der Waals surface area (Å²) in [5, 5.41) is 7.87. The molecule has 0 N–H and O–H groups in total. The van der Waals surface area contributed by atoms with E-state index in [1.165, 1.54) is 19.3 Å². The predicted molar refractivity (Wildman–Crippen MR) is 65.3 cm³/mol. The maximum Gasteiger partial charge on any atom is 0.311 e. The SMILES string of the molecule is O=C(c1nnc(C2CC2)o1)N1CCCCCCC1. The molecule has 1 saturated heterocycles. The van der Waals surface area contributed by atoms with Crippen LogP contribution in [0.15, 0.2) is 4.42 Å². The Balaban J connectivity index is 1.67. The van der Waals surface area contributed by atoms with E-state index in [-0.39, 0.29) is 11.8 Å². The zero-order chi connectivity index (χ0) is 12.4. The van der Waals surface area contributed by atoms with Crippen molar-refractivity contribution in [2.45, 2.75) is 50.9 Å². The van der Waals surface area contributed by atoms with E-state index in [2.05, 4.69) is 10.2 Å². The van der Waals surface area contributed by atoms with Gasteiger partial charge in [0.2, 0.25) is 5.89 Å². The van der Waals surface area contributed by atoms with Crippen molar-refractivity contribution in [3.63, 3.8) is 0 Å². The van der Waals surface area contributed by atoms with E-state index in [1.54, 1.807) is 0 Å². The standard InChI is InChI=1S/C13H19N3O2/c17-13(16-8-4-2-1-3-5-9-16)12-15-14-11(18-12)10-6-7-10/h10H,1-9H2. The van der Waals surface area contributed by atoms with E-state index in [4.69, 9.17) is 4.42 Å². The van der Waals surface area contributed by atoms with E-state index in [0.717, 1.165) is 38.8 Å². The third-order valence-electron chi connectivity index (χ3n) is 3.69. The molecule has 0 spiro atoms. The van der Waals surface area contributed by atoms with Gasteiger partial charge in [-0.3, -0.25) is 4.79 Å². The summed E-state index contributed by atoms with van der Waals surface area (Å²) in [6, 6.07) is 0. The smallest absolute Gasteiger partial charge is 0.311 e. The van der Waals surface area contributed by atoms with Gasteiger partial charge in [-0.2, -0.15) is 0 Å². The molecule has 0 unspecified atom stereocenters. The molecular weight excluding hydrogens is 230 g/mol. The monoisotopic (exact) mass is 249 g/mol. The molecule has 2 fully saturated rings. The second-order valence-corrected chi connectivity index (χ2v) is 5.28. The zero-order valence-corrected chi connectivity index (χ0v) is 10.6. The van der Waals surface area contributed by atoms with Crippen LogP contribution in [0.3, 0.4) is 0 Å². The molecule has 2 aliphatic rings. The summed E-state index contributed by atoms with van der Waals surface area (Å²) in [5.74, 6) is 1.14. The summed E-state index contributed by atoms with van der Waals surface area (Å²) in [5.41, 5.74) is 0. The normalized spacial score (nSPS) is 21.4. The van der Waals surface area contributed by atoms with Crippen LogP contribution in [0.1, 0.15) is 67.4 Å². The molecule has 1 aliphatic carbocycles. The van der Waals surface area contributed by atoms with E-state index in [1.807, 2.05) is 4.90 Å². The maximum absolute atomic E-state index is 12.3. The Hall–Kier alpha value is -1.39. The Morgan fingerprint density at radius 1 is 1.06 bits per heavy atom. The largest absolute Gasteiger partial charge is 0.417 e. The van der Waals surface area contributed by atoms with E-state index in [9.17, 15) is 4.79 Å². The highest BCUT2D eigenvalue weighted by atomic mass is 16.4. The van der Waals surface area contributed by atoms with Crippen LogP contribution in [0.25, 0.3) is 0 Å². The van der Waals surface area contributed by atoms with Gasteiger partial charge in [0.25, 0.3) is 0 Å². The Morgan fingerprint density at radius 2 is 1.72 bits per heavy atom. The van der Waals surface area contributed by atoms with Gasteiger partial charge >= 0.3 is 11.8 Å². The van der Waals surface area contributed by atoms with Crippen molar-refractivity contribution in [1.29, 1.82) is 0 Å². The van der Waals surface area contributed by atoms with Gasteiger partial charge in [-0.1, -0.05) is 19.3 Å². The molecule has 0 radical (unpaired) electrons. The van der Waals surface area contributed by atoms with Crippen molar-refractivity contribution in [2.75, 3.05) is 13.1 Å². The first kappa shape index (κ1) is 11.7. The second kappa shape index (κ2) is 5.08. The van der Waals surface area contributed by atoms with Gasteiger partial charge in [-0.15, -0.1) is 10.2 Å². The Morgan fingerprint density at radius 3 is 2.39 bits per heavy atom. The summed E-state index contributed by atoms with van der Waals surface area (Å²) in [7, 11) is 0. The minimum absolute atomic E-state index is 0.0868. The number of carbonyl (C=O) groups excluding carboxylic acids is 1. The van der Waals surface area contributed by atoms with Gasteiger partial charge in [0, 0.05) is 19.0 Å². The second-order valence-electron chi connectivity index (χ2n) is 5.28. The number of carbonyl (C=O) groups is 1. The highest BCUT2D eigenvalue weighted by molar-refractivity contribution is 5.89. The van der Waals surface area contributed by atoms with Gasteiger partial charge in [0.15, 0.2) is 0 Å². The molecule has 2 heterocycles. The average Bonchev–Trinajstić information content (AvgIpc) is 3.06. The van der Waals surface area contributed by atoms with Crippen molar-refractivity contribution in [2.24, 2.45) is 0 Å². The third kappa shape index (κ3) is 2.54. The van der Waals surface area contributed by atoms with Gasteiger partial charge in [-0.05, 0) is 25.7 Å². The lowest BCUT2D eigenvalue weighted by molar-refractivity contribution is 0.0700. The number of likely N-dealkylation sites (tertiary alicyclic amines) is 1. The molecule has 3 rings (SSSR count). The Labute approximate surface area is 107 Å². The van der Waals surface area contributed by atoms with E-state index >= 15 is 0 Å². The fourth-order valence-corrected chi connectivity index (χ4v) is 2.40. The molecule has 1 aromatic heterocycles. The maximum atomic E-state index is 12.3. The van der Waals surface area contributed by atoms with E-state index in [0.29, 0.717) is 11.8 Å². The molecule has 1 amide bonds. The van der Waals surface area contributed by atoms with Crippen LogP contribution in [-0.2, 0) is 0 Å². The van der Waals surface area contributed by atoms with Crippen LogP contribution in [0.2, 0.25) is 0 Å². The first-order chi connectivity index (χ1) is 8.84. The number of amides is 1. The fourth-order valence-electron chi connectivity index (χ4n) is 2.40. The highest BCUT2D eigenvalue weighted by Crippen LogP contribution is 2.39. The molecule has 0 bridgehead atoms. The number of aromatic nitrogens is 2. The van der Waals surface area contributed by atoms with Crippen molar-refractivity contribution < 1.29 is 9.21 Å². The third-order valence-corrected chi connectivity index (χ3v) is 3.69. The van der Waals surface area contributed by atoms with Crippen molar-refractivity contribution in [1.82, 2.24) is 15.1 Å². The quantitative estimate of drug-likeness (QED) is 0.807. The number of rotatable bonds is 2. The number of hydrogen-bond acceptors (Lipinski definition) is 4.